The van der Waals surface area contributed by atoms with Crippen molar-refractivity contribution in [2.75, 3.05) is 20.3 Å². The average Bonchev–Trinajstić information content (AvgIpc) is 2.83. The molecule has 0 heterocycles. The van der Waals surface area contributed by atoms with Crippen molar-refractivity contribution in [3.8, 4) is 17.2 Å². The van der Waals surface area contributed by atoms with E-state index in [4.69, 9.17) is 19.3 Å². The lowest BCUT2D eigenvalue weighted by Crippen LogP contribution is -2.30. The number of carbonyl (C=O) groups is 2. The summed E-state index contributed by atoms with van der Waals surface area (Å²) in [6.45, 7) is 0.395. The molecule has 0 aliphatic rings. The molecule has 0 aliphatic heterocycles. The highest BCUT2D eigenvalue weighted by atomic mass is 16.5. The van der Waals surface area contributed by atoms with Crippen LogP contribution in [0.1, 0.15) is 11.1 Å². The first-order valence-corrected chi connectivity index (χ1v) is 10.6. The van der Waals surface area contributed by atoms with Gasteiger partial charge >= 0.3 is 5.97 Å². The molecule has 0 bridgehead atoms. The van der Waals surface area contributed by atoms with Crippen molar-refractivity contribution in [2.45, 2.75) is 18.9 Å². The number of nitrogens with one attached hydrogen (secondary N) is 1. The minimum Gasteiger partial charge on any atom is -0.484 e. The van der Waals surface area contributed by atoms with E-state index in [0.29, 0.717) is 18.7 Å². The van der Waals surface area contributed by atoms with Gasteiger partial charge in [0.2, 0.25) is 0 Å². The third-order valence-electron chi connectivity index (χ3n) is 4.91. The molecule has 0 aromatic heterocycles. The number of para-hydroxylation sites is 1. The van der Waals surface area contributed by atoms with Crippen LogP contribution in [-0.4, -0.2) is 43.3 Å². The first-order chi connectivity index (χ1) is 16.0. The first kappa shape index (κ1) is 23.8. The first-order valence-electron chi connectivity index (χ1n) is 10.6. The molecule has 0 aliphatic carbocycles. The Labute approximate surface area is 192 Å². The van der Waals surface area contributed by atoms with Crippen molar-refractivity contribution in [1.29, 1.82) is 0 Å². The minimum absolute atomic E-state index is 0.0982. The molecule has 0 unspecified atom stereocenters. The quantitative estimate of drug-likeness (QED) is 0.436. The second-order valence-electron chi connectivity index (χ2n) is 7.36. The van der Waals surface area contributed by atoms with Crippen LogP contribution in [0.2, 0.25) is 0 Å². The van der Waals surface area contributed by atoms with Crippen LogP contribution in [0.4, 0.5) is 0 Å². The number of rotatable bonds is 12. The summed E-state index contributed by atoms with van der Waals surface area (Å²) in [6, 6.07) is 24.3. The third kappa shape index (κ3) is 7.97. The number of aliphatic carboxylic acids is 1. The Morgan fingerprint density at radius 1 is 0.848 bits per heavy atom. The topological polar surface area (TPSA) is 94.1 Å². The molecule has 3 rings (SSSR count). The van der Waals surface area contributed by atoms with Crippen molar-refractivity contribution in [1.82, 2.24) is 5.32 Å². The Bertz CT molecular complexity index is 1020. The van der Waals surface area contributed by atoms with E-state index in [9.17, 15) is 9.59 Å². The summed E-state index contributed by atoms with van der Waals surface area (Å²) in [7, 11) is 1.37. The maximum atomic E-state index is 12.1. The molecule has 0 saturated heterocycles. The predicted molar refractivity (Wildman–Crippen MR) is 124 cm³/mol. The van der Waals surface area contributed by atoms with Gasteiger partial charge in [-0.1, -0.05) is 42.5 Å². The van der Waals surface area contributed by atoms with E-state index in [1.165, 1.54) is 7.11 Å². The largest absolute Gasteiger partial charge is 0.484 e. The zero-order valence-corrected chi connectivity index (χ0v) is 18.4. The zero-order chi connectivity index (χ0) is 23.5. The summed E-state index contributed by atoms with van der Waals surface area (Å²) >= 11 is 0. The van der Waals surface area contributed by atoms with Gasteiger partial charge in [0.25, 0.3) is 5.91 Å². The average molecular weight is 450 g/mol. The molecule has 33 heavy (non-hydrogen) atoms. The molecule has 3 aromatic rings. The third-order valence-corrected chi connectivity index (χ3v) is 4.91. The molecule has 2 N–H and O–H groups in total. The molecular formula is C26H27NO6. The van der Waals surface area contributed by atoms with Crippen molar-refractivity contribution >= 4 is 11.9 Å². The summed E-state index contributed by atoms with van der Waals surface area (Å²) in [5, 5.41) is 11.9. The Morgan fingerprint density at radius 2 is 1.45 bits per heavy atom. The maximum absolute atomic E-state index is 12.1. The molecule has 0 saturated carbocycles. The molecule has 3 aromatic carbocycles. The smallest absolute Gasteiger partial charge is 0.333 e. The number of methoxy groups -OCH3 is 1. The fraction of sp³-hybridized carbons (Fsp3) is 0.231. The summed E-state index contributed by atoms with van der Waals surface area (Å²) in [5.74, 6) is 0.854. The zero-order valence-electron chi connectivity index (χ0n) is 18.4. The minimum atomic E-state index is -1.01. The summed E-state index contributed by atoms with van der Waals surface area (Å²) < 4.78 is 16.2. The maximum Gasteiger partial charge on any atom is 0.333 e. The molecule has 1 amide bonds. The molecule has 0 radical (unpaired) electrons. The Morgan fingerprint density at radius 3 is 2.09 bits per heavy atom. The number of carbonyl (C=O) groups excluding carboxylic acids is 1. The fourth-order valence-electron chi connectivity index (χ4n) is 3.10. The van der Waals surface area contributed by atoms with E-state index in [0.717, 1.165) is 22.6 Å². The van der Waals surface area contributed by atoms with Gasteiger partial charge in [-0.05, 0) is 53.9 Å². The monoisotopic (exact) mass is 449 g/mol. The van der Waals surface area contributed by atoms with Gasteiger partial charge in [0.1, 0.15) is 17.2 Å². The van der Waals surface area contributed by atoms with E-state index in [1.807, 2.05) is 54.6 Å². The number of ether oxygens (including phenoxy) is 3. The normalized spacial score (nSPS) is 11.4. The standard InChI is InChI=1S/C26H27NO6/c1-31-24(26(29)30)17-20-9-11-21(12-10-20)32-18-25(28)27-16-15-19-7-13-23(14-8-19)33-22-5-3-2-4-6-22/h2-14,24H,15-18H2,1H3,(H,27,28)(H,29,30)/t24-/m0/s1. The molecule has 7 heteroatoms. The van der Waals surface area contributed by atoms with Crippen molar-refractivity contribution < 1.29 is 28.9 Å². The van der Waals surface area contributed by atoms with Crippen LogP contribution >= 0.6 is 0 Å². The van der Waals surface area contributed by atoms with Gasteiger partial charge in [0.15, 0.2) is 12.7 Å². The SMILES string of the molecule is CO[C@@H](Cc1ccc(OCC(=O)NCCc2ccc(Oc3ccccc3)cc2)cc1)C(=O)O. The lowest BCUT2D eigenvalue weighted by Gasteiger charge is -2.11. The van der Waals surface area contributed by atoms with Gasteiger partial charge in [-0.2, -0.15) is 0 Å². The number of carboxylic acids is 1. The molecule has 7 nitrogen and oxygen atoms in total. The van der Waals surface area contributed by atoms with E-state index in [1.54, 1.807) is 24.3 Å². The van der Waals surface area contributed by atoms with Gasteiger partial charge in [0, 0.05) is 20.1 Å². The lowest BCUT2D eigenvalue weighted by atomic mass is 10.1. The van der Waals surface area contributed by atoms with E-state index in [-0.39, 0.29) is 18.9 Å². The molecular weight excluding hydrogens is 422 g/mol. The van der Waals surface area contributed by atoms with Crippen molar-refractivity contribution in [2.24, 2.45) is 0 Å². The van der Waals surface area contributed by atoms with Crippen molar-refractivity contribution in [3.63, 3.8) is 0 Å². The van der Waals surface area contributed by atoms with Gasteiger partial charge in [-0.3, -0.25) is 4.79 Å². The van der Waals surface area contributed by atoms with Gasteiger partial charge in [-0.25, -0.2) is 4.79 Å². The van der Waals surface area contributed by atoms with E-state index < -0.39 is 12.1 Å². The highest BCUT2D eigenvalue weighted by molar-refractivity contribution is 5.77. The van der Waals surface area contributed by atoms with Crippen LogP contribution in [0, 0.1) is 0 Å². The van der Waals surface area contributed by atoms with Crippen LogP contribution < -0.4 is 14.8 Å². The lowest BCUT2D eigenvalue weighted by molar-refractivity contribution is -0.148. The molecule has 1 atom stereocenters. The number of carboxylic acid groups (broad SMARTS) is 1. The highest BCUT2D eigenvalue weighted by Crippen LogP contribution is 2.21. The Hall–Kier alpha value is -3.84. The van der Waals surface area contributed by atoms with E-state index >= 15 is 0 Å². The van der Waals surface area contributed by atoms with Crippen LogP contribution in [0.5, 0.6) is 17.2 Å². The van der Waals surface area contributed by atoms with Crippen LogP contribution in [0.15, 0.2) is 78.9 Å². The van der Waals surface area contributed by atoms with E-state index in [2.05, 4.69) is 5.32 Å². The van der Waals surface area contributed by atoms with Crippen LogP contribution in [-0.2, 0) is 27.2 Å². The summed E-state index contributed by atoms with van der Waals surface area (Å²) in [6.07, 6.45) is 0.0533. The van der Waals surface area contributed by atoms with Crippen LogP contribution in [0.3, 0.4) is 0 Å². The second kappa shape index (κ2) is 12.3. The highest BCUT2D eigenvalue weighted by Gasteiger charge is 2.16. The number of hydrogen-bond acceptors (Lipinski definition) is 5. The number of amides is 1. The second-order valence-corrected chi connectivity index (χ2v) is 7.36. The summed E-state index contributed by atoms with van der Waals surface area (Å²) in [4.78, 5) is 23.1. The predicted octanol–water partition coefficient (Wildman–Crippen LogP) is 3.86. The fourth-order valence-corrected chi connectivity index (χ4v) is 3.10. The molecule has 0 fully saturated rings. The van der Waals surface area contributed by atoms with Gasteiger partial charge in [0.05, 0.1) is 0 Å². The summed E-state index contributed by atoms with van der Waals surface area (Å²) in [5.41, 5.74) is 1.89. The Kier molecular flexibility index (Phi) is 8.85. The number of benzene rings is 3. The Balaban J connectivity index is 1.36. The molecule has 0 spiro atoms. The van der Waals surface area contributed by atoms with Gasteiger partial charge in [-0.15, -0.1) is 0 Å². The molecule has 172 valence electrons. The van der Waals surface area contributed by atoms with Crippen molar-refractivity contribution in [3.05, 3.63) is 90.0 Å². The van der Waals surface area contributed by atoms with Crippen LogP contribution in [0.25, 0.3) is 0 Å². The van der Waals surface area contributed by atoms with Gasteiger partial charge < -0.3 is 24.6 Å². The number of hydrogen-bond donors (Lipinski definition) is 2.